The lowest BCUT2D eigenvalue weighted by Gasteiger charge is -2.26. The summed E-state index contributed by atoms with van der Waals surface area (Å²) in [5.41, 5.74) is 1.18. The molecule has 1 aromatic carbocycles. The van der Waals surface area contributed by atoms with Crippen molar-refractivity contribution in [3.8, 4) is 0 Å². The summed E-state index contributed by atoms with van der Waals surface area (Å²) >= 11 is 0. The largest absolute Gasteiger partial charge is 0.465 e. The highest BCUT2D eigenvalue weighted by Crippen LogP contribution is 2.21. The molecule has 1 aliphatic rings. The monoisotopic (exact) mass is 322 g/mol. The summed E-state index contributed by atoms with van der Waals surface area (Å²) in [5.74, 6) is -0.807. The molecule has 1 N–H and O–H groups in total. The molecule has 120 valence electrons. The number of barbiturate groups is 1. The van der Waals surface area contributed by atoms with E-state index in [4.69, 9.17) is 4.42 Å². The average Bonchev–Trinajstić information content (AvgIpc) is 3.03. The van der Waals surface area contributed by atoms with Crippen LogP contribution in [0.1, 0.15) is 11.3 Å². The van der Waals surface area contributed by atoms with Gasteiger partial charge in [0.1, 0.15) is 11.3 Å². The lowest BCUT2D eigenvalue weighted by molar-refractivity contribution is -0.122. The predicted molar refractivity (Wildman–Crippen MR) is 88.0 cm³/mol. The summed E-state index contributed by atoms with van der Waals surface area (Å²) in [7, 11) is 0. The second-order valence-electron chi connectivity index (χ2n) is 5.19. The number of benzene rings is 1. The Balaban J connectivity index is 1.91. The first-order chi connectivity index (χ1) is 11.6. The number of hydrogen-bond acceptors (Lipinski definition) is 4. The molecule has 3 rings (SSSR count). The first-order valence-electron chi connectivity index (χ1n) is 7.24. The Hall–Kier alpha value is -3.41. The Morgan fingerprint density at radius 1 is 1.12 bits per heavy atom. The van der Waals surface area contributed by atoms with Crippen LogP contribution in [-0.2, 0) is 9.59 Å². The van der Waals surface area contributed by atoms with E-state index in [2.05, 4.69) is 5.32 Å². The summed E-state index contributed by atoms with van der Waals surface area (Å²) in [5, 5.41) is 2.17. The first-order valence-corrected chi connectivity index (χ1v) is 7.24. The van der Waals surface area contributed by atoms with Gasteiger partial charge in [-0.15, -0.1) is 0 Å². The molecule has 0 spiro atoms. The van der Waals surface area contributed by atoms with Crippen LogP contribution in [0.15, 0.2) is 64.8 Å². The molecule has 1 saturated heterocycles. The number of hydrogen-bond donors (Lipinski definition) is 1. The van der Waals surface area contributed by atoms with Gasteiger partial charge in [-0.3, -0.25) is 14.9 Å². The van der Waals surface area contributed by atoms with Crippen molar-refractivity contribution in [1.29, 1.82) is 0 Å². The second-order valence-corrected chi connectivity index (χ2v) is 5.19. The van der Waals surface area contributed by atoms with Crippen molar-refractivity contribution in [2.24, 2.45) is 0 Å². The molecule has 6 heteroatoms. The molecule has 2 heterocycles. The van der Waals surface area contributed by atoms with E-state index in [1.807, 2.05) is 13.0 Å². The fraction of sp³-hybridized carbons (Fsp3) is 0.0556. The SMILES string of the molecule is Cc1cccc(N2C(=O)NC(=O)C(=CC=Cc3ccco3)C2=O)c1. The summed E-state index contributed by atoms with van der Waals surface area (Å²) in [6.07, 6.45) is 6.01. The molecule has 1 aromatic heterocycles. The highest BCUT2D eigenvalue weighted by Gasteiger charge is 2.36. The van der Waals surface area contributed by atoms with Crippen LogP contribution in [0.2, 0.25) is 0 Å². The number of rotatable bonds is 3. The van der Waals surface area contributed by atoms with Crippen LogP contribution < -0.4 is 10.2 Å². The Kier molecular flexibility index (Phi) is 4.11. The van der Waals surface area contributed by atoms with Crippen molar-refractivity contribution in [3.63, 3.8) is 0 Å². The summed E-state index contributed by atoms with van der Waals surface area (Å²) in [6, 6.07) is 9.62. The predicted octanol–water partition coefficient (Wildman–Crippen LogP) is 2.81. The maximum absolute atomic E-state index is 12.6. The maximum atomic E-state index is 12.6. The van der Waals surface area contributed by atoms with E-state index in [0.717, 1.165) is 10.5 Å². The van der Waals surface area contributed by atoms with E-state index in [9.17, 15) is 14.4 Å². The number of carbonyl (C=O) groups is 3. The number of nitrogens with zero attached hydrogens (tertiary/aromatic N) is 1. The molecule has 24 heavy (non-hydrogen) atoms. The zero-order valence-electron chi connectivity index (χ0n) is 12.9. The van der Waals surface area contributed by atoms with Gasteiger partial charge in [-0.2, -0.15) is 0 Å². The van der Waals surface area contributed by atoms with Gasteiger partial charge in [0.05, 0.1) is 12.0 Å². The Labute approximate surface area is 138 Å². The third-order valence-electron chi connectivity index (χ3n) is 3.43. The molecular weight excluding hydrogens is 308 g/mol. The molecule has 0 radical (unpaired) electrons. The number of imide groups is 2. The average molecular weight is 322 g/mol. The molecule has 4 amide bonds. The minimum Gasteiger partial charge on any atom is -0.465 e. The van der Waals surface area contributed by atoms with E-state index in [-0.39, 0.29) is 5.57 Å². The fourth-order valence-electron chi connectivity index (χ4n) is 2.30. The molecule has 1 fully saturated rings. The quantitative estimate of drug-likeness (QED) is 0.696. The highest BCUT2D eigenvalue weighted by molar-refractivity contribution is 6.37. The molecular formula is C18H14N2O4. The summed E-state index contributed by atoms with van der Waals surface area (Å²) < 4.78 is 5.13. The van der Waals surface area contributed by atoms with E-state index in [1.54, 1.807) is 36.4 Å². The van der Waals surface area contributed by atoms with E-state index >= 15 is 0 Å². The third kappa shape index (κ3) is 3.03. The molecule has 0 aliphatic carbocycles. The smallest absolute Gasteiger partial charge is 0.335 e. The number of carbonyl (C=O) groups excluding carboxylic acids is 3. The van der Waals surface area contributed by atoms with Gasteiger partial charge >= 0.3 is 6.03 Å². The number of aryl methyl sites for hydroxylation is 1. The molecule has 2 aromatic rings. The third-order valence-corrected chi connectivity index (χ3v) is 3.43. The Morgan fingerprint density at radius 3 is 2.67 bits per heavy atom. The normalized spacial score (nSPS) is 17.0. The van der Waals surface area contributed by atoms with E-state index in [1.165, 1.54) is 18.4 Å². The molecule has 0 saturated carbocycles. The maximum Gasteiger partial charge on any atom is 0.335 e. The lowest BCUT2D eigenvalue weighted by atomic mass is 10.1. The van der Waals surface area contributed by atoms with Crippen LogP contribution in [0.3, 0.4) is 0 Å². The number of amides is 4. The van der Waals surface area contributed by atoms with Gasteiger partial charge in [-0.25, -0.2) is 9.69 Å². The van der Waals surface area contributed by atoms with Gasteiger partial charge < -0.3 is 4.42 Å². The number of anilines is 1. The fourth-order valence-corrected chi connectivity index (χ4v) is 2.30. The van der Waals surface area contributed by atoms with Crippen molar-refractivity contribution in [2.75, 3.05) is 4.90 Å². The standard InChI is InChI=1S/C18H14N2O4/c1-12-5-2-6-13(11-12)20-17(22)15(16(21)19-18(20)23)9-3-7-14-8-4-10-24-14/h2-11H,1H3,(H,19,21,23). The first kappa shape index (κ1) is 15.5. The molecule has 0 bridgehead atoms. The summed E-state index contributed by atoms with van der Waals surface area (Å²) in [6.45, 7) is 1.85. The topological polar surface area (TPSA) is 79.6 Å². The van der Waals surface area contributed by atoms with Crippen LogP contribution in [0.4, 0.5) is 10.5 Å². The number of allylic oxidation sites excluding steroid dienone is 2. The van der Waals surface area contributed by atoms with Gasteiger partial charge in [-0.05, 0) is 48.9 Å². The molecule has 0 unspecified atom stereocenters. The van der Waals surface area contributed by atoms with Crippen LogP contribution >= 0.6 is 0 Å². The number of urea groups is 1. The zero-order valence-corrected chi connectivity index (χ0v) is 12.9. The van der Waals surface area contributed by atoms with Crippen molar-refractivity contribution < 1.29 is 18.8 Å². The van der Waals surface area contributed by atoms with Gasteiger partial charge in [0, 0.05) is 0 Å². The van der Waals surface area contributed by atoms with Gasteiger partial charge in [0.2, 0.25) is 0 Å². The van der Waals surface area contributed by atoms with Crippen LogP contribution in [-0.4, -0.2) is 17.8 Å². The molecule has 1 aliphatic heterocycles. The number of nitrogens with one attached hydrogen (secondary N) is 1. The van der Waals surface area contributed by atoms with Gasteiger partial charge in [-0.1, -0.05) is 18.2 Å². The second kappa shape index (κ2) is 6.37. The van der Waals surface area contributed by atoms with Gasteiger partial charge in [0.15, 0.2) is 0 Å². The lowest BCUT2D eigenvalue weighted by Crippen LogP contribution is -2.54. The van der Waals surface area contributed by atoms with E-state index < -0.39 is 17.8 Å². The van der Waals surface area contributed by atoms with Crippen LogP contribution in [0.5, 0.6) is 0 Å². The van der Waals surface area contributed by atoms with Gasteiger partial charge in [0.25, 0.3) is 11.8 Å². The molecule has 6 nitrogen and oxygen atoms in total. The zero-order chi connectivity index (χ0) is 17.1. The Morgan fingerprint density at radius 2 is 1.96 bits per heavy atom. The van der Waals surface area contributed by atoms with Crippen molar-refractivity contribution in [3.05, 3.63) is 71.7 Å². The van der Waals surface area contributed by atoms with Crippen molar-refractivity contribution in [2.45, 2.75) is 6.92 Å². The van der Waals surface area contributed by atoms with Crippen LogP contribution in [0.25, 0.3) is 6.08 Å². The highest BCUT2D eigenvalue weighted by atomic mass is 16.3. The Bertz CT molecular complexity index is 863. The minimum atomic E-state index is -0.761. The van der Waals surface area contributed by atoms with Crippen molar-refractivity contribution in [1.82, 2.24) is 5.32 Å². The summed E-state index contributed by atoms with van der Waals surface area (Å²) in [4.78, 5) is 37.5. The minimum absolute atomic E-state index is 0.126. The van der Waals surface area contributed by atoms with E-state index in [0.29, 0.717) is 11.4 Å². The molecule has 0 atom stereocenters. The van der Waals surface area contributed by atoms with Crippen molar-refractivity contribution >= 4 is 29.6 Å². The number of furan rings is 1. The van der Waals surface area contributed by atoms with Crippen LogP contribution in [0, 0.1) is 6.92 Å².